The Kier molecular flexibility index (Phi) is 6.65. The first kappa shape index (κ1) is 19.9. The molecule has 1 saturated heterocycles. The Labute approximate surface area is 164 Å². The quantitative estimate of drug-likeness (QED) is 0.795. The summed E-state index contributed by atoms with van der Waals surface area (Å²) in [5.41, 5.74) is 1.72. The zero-order chi connectivity index (χ0) is 19.9. The Bertz CT molecular complexity index is 820. The Morgan fingerprint density at radius 3 is 2.79 bits per heavy atom. The number of aromatic nitrogens is 1. The van der Waals surface area contributed by atoms with Crippen LogP contribution in [0.15, 0.2) is 34.9 Å². The van der Waals surface area contributed by atoms with Crippen LogP contribution in [0, 0.1) is 6.92 Å². The lowest BCUT2D eigenvalue weighted by atomic mass is 10.2. The van der Waals surface area contributed by atoms with Crippen LogP contribution in [-0.2, 0) is 11.3 Å². The number of esters is 1. The zero-order valence-corrected chi connectivity index (χ0v) is 16.3. The molecule has 0 saturated carbocycles. The van der Waals surface area contributed by atoms with Crippen LogP contribution in [-0.4, -0.2) is 59.7 Å². The van der Waals surface area contributed by atoms with Gasteiger partial charge in [-0.15, -0.1) is 0 Å². The van der Waals surface area contributed by atoms with Crippen LogP contribution in [0.3, 0.4) is 0 Å². The first-order valence-electron chi connectivity index (χ1n) is 9.53. The van der Waals surface area contributed by atoms with E-state index in [2.05, 4.69) is 15.4 Å². The van der Waals surface area contributed by atoms with Crippen molar-refractivity contribution in [3.8, 4) is 0 Å². The maximum Gasteiger partial charge on any atom is 0.340 e. The molecular weight excluding hydrogens is 360 g/mol. The fraction of sp³-hybridized carbons (Fsp3) is 0.450. The highest BCUT2D eigenvalue weighted by Crippen LogP contribution is 2.18. The average molecular weight is 386 g/mol. The summed E-state index contributed by atoms with van der Waals surface area (Å²) in [6, 6.07) is 8.61. The molecule has 0 spiro atoms. The van der Waals surface area contributed by atoms with E-state index in [0.29, 0.717) is 30.9 Å². The highest BCUT2D eigenvalue weighted by atomic mass is 16.5. The van der Waals surface area contributed by atoms with E-state index in [4.69, 9.17) is 9.26 Å². The molecule has 0 atom stereocenters. The van der Waals surface area contributed by atoms with Gasteiger partial charge in [0.2, 0.25) is 0 Å². The Hall–Kier alpha value is -2.87. The summed E-state index contributed by atoms with van der Waals surface area (Å²) in [5, 5.41) is 6.89. The van der Waals surface area contributed by atoms with Crippen LogP contribution in [0.1, 0.15) is 35.2 Å². The Morgan fingerprint density at radius 1 is 1.21 bits per heavy atom. The number of hydrogen-bond donors (Lipinski definition) is 1. The number of hydrogen-bond acceptors (Lipinski definition) is 6. The maximum absolute atomic E-state index is 12.7. The molecule has 1 fully saturated rings. The van der Waals surface area contributed by atoms with Crippen molar-refractivity contribution in [3.63, 3.8) is 0 Å². The molecule has 1 aromatic heterocycles. The molecule has 1 aliphatic heterocycles. The summed E-state index contributed by atoms with van der Waals surface area (Å²) in [7, 11) is 0. The van der Waals surface area contributed by atoms with Gasteiger partial charge in [-0.3, -0.25) is 4.90 Å². The second-order valence-electron chi connectivity index (χ2n) is 6.74. The van der Waals surface area contributed by atoms with Crippen LogP contribution in [0.25, 0.3) is 0 Å². The van der Waals surface area contributed by atoms with Gasteiger partial charge in [0.25, 0.3) is 0 Å². The maximum atomic E-state index is 12.7. The van der Waals surface area contributed by atoms with Gasteiger partial charge in [0.1, 0.15) is 5.76 Å². The van der Waals surface area contributed by atoms with Crippen molar-refractivity contribution in [1.82, 2.24) is 15.0 Å². The van der Waals surface area contributed by atoms with Crippen molar-refractivity contribution in [2.24, 2.45) is 0 Å². The number of para-hydroxylation sites is 1. The lowest BCUT2D eigenvalue weighted by Crippen LogP contribution is -2.38. The molecule has 0 aliphatic carbocycles. The number of anilines is 1. The predicted molar refractivity (Wildman–Crippen MR) is 104 cm³/mol. The molecule has 8 nitrogen and oxygen atoms in total. The van der Waals surface area contributed by atoms with Crippen LogP contribution in [0.5, 0.6) is 0 Å². The van der Waals surface area contributed by atoms with Gasteiger partial charge >= 0.3 is 12.0 Å². The molecule has 1 N–H and O–H groups in total. The first-order valence-corrected chi connectivity index (χ1v) is 9.53. The standard InChI is InChI=1S/C20H26N4O4/c1-3-27-19(25)17-7-4-5-8-18(17)21-20(26)24-10-6-9-23(11-12-24)14-16-13-15(2)28-22-16/h4-5,7-8,13H,3,6,9-12,14H2,1-2H3,(H,21,26). The smallest absolute Gasteiger partial charge is 0.340 e. The number of amides is 2. The third kappa shape index (κ3) is 5.10. The van der Waals surface area contributed by atoms with Gasteiger partial charge in [-0.05, 0) is 32.4 Å². The fourth-order valence-corrected chi connectivity index (χ4v) is 3.23. The summed E-state index contributed by atoms with van der Waals surface area (Å²) in [4.78, 5) is 28.9. The van der Waals surface area contributed by atoms with Gasteiger partial charge < -0.3 is 19.5 Å². The van der Waals surface area contributed by atoms with Gasteiger partial charge in [-0.25, -0.2) is 9.59 Å². The molecule has 1 aliphatic rings. The van der Waals surface area contributed by atoms with Crippen LogP contribution < -0.4 is 5.32 Å². The first-order chi connectivity index (χ1) is 13.6. The van der Waals surface area contributed by atoms with E-state index < -0.39 is 5.97 Å². The second-order valence-corrected chi connectivity index (χ2v) is 6.74. The van der Waals surface area contributed by atoms with E-state index in [1.54, 1.807) is 36.1 Å². The second kappa shape index (κ2) is 9.36. The summed E-state index contributed by atoms with van der Waals surface area (Å²) >= 11 is 0. The van der Waals surface area contributed by atoms with Crippen LogP contribution in [0.2, 0.25) is 0 Å². The van der Waals surface area contributed by atoms with Gasteiger partial charge in [0, 0.05) is 38.8 Å². The number of nitrogens with zero attached hydrogens (tertiary/aromatic N) is 3. The minimum atomic E-state index is -0.441. The van der Waals surface area contributed by atoms with Crippen molar-refractivity contribution >= 4 is 17.7 Å². The lowest BCUT2D eigenvalue weighted by Gasteiger charge is -2.22. The number of urea groups is 1. The number of nitrogens with one attached hydrogen (secondary N) is 1. The summed E-state index contributed by atoms with van der Waals surface area (Å²) < 4.78 is 10.2. The Balaban J connectivity index is 1.59. The average Bonchev–Trinajstić information content (AvgIpc) is 2.94. The minimum absolute atomic E-state index is 0.212. The van der Waals surface area contributed by atoms with E-state index in [0.717, 1.165) is 31.0 Å². The molecule has 0 unspecified atom stereocenters. The van der Waals surface area contributed by atoms with E-state index in [1.165, 1.54) is 0 Å². The zero-order valence-electron chi connectivity index (χ0n) is 16.3. The SMILES string of the molecule is CCOC(=O)c1ccccc1NC(=O)N1CCCN(Cc2cc(C)on2)CC1. The van der Waals surface area contributed by atoms with Gasteiger partial charge in [-0.2, -0.15) is 0 Å². The number of aryl methyl sites for hydroxylation is 1. The molecular formula is C20H26N4O4. The van der Waals surface area contributed by atoms with Gasteiger partial charge in [0.05, 0.1) is 23.6 Å². The molecule has 3 rings (SSSR count). The van der Waals surface area contributed by atoms with E-state index in [-0.39, 0.29) is 12.6 Å². The highest BCUT2D eigenvalue weighted by Gasteiger charge is 2.21. The van der Waals surface area contributed by atoms with Crippen molar-refractivity contribution in [1.29, 1.82) is 0 Å². The topological polar surface area (TPSA) is 87.9 Å². The summed E-state index contributed by atoms with van der Waals surface area (Å²) in [5.74, 6) is 0.356. The van der Waals surface area contributed by atoms with Crippen molar-refractivity contribution in [3.05, 3.63) is 47.3 Å². The lowest BCUT2D eigenvalue weighted by molar-refractivity contribution is 0.0527. The largest absolute Gasteiger partial charge is 0.462 e. The number of ether oxygens (including phenoxy) is 1. The number of carbonyl (C=O) groups excluding carboxylic acids is 2. The molecule has 150 valence electrons. The van der Waals surface area contributed by atoms with Gasteiger partial charge in [0.15, 0.2) is 0 Å². The third-order valence-corrected chi connectivity index (χ3v) is 4.60. The molecule has 8 heteroatoms. The summed E-state index contributed by atoms with van der Waals surface area (Å²) in [6.07, 6.45) is 0.865. The normalized spacial score (nSPS) is 15.1. The van der Waals surface area contributed by atoms with Crippen LogP contribution in [0.4, 0.5) is 10.5 Å². The number of benzene rings is 1. The predicted octanol–water partition coefficient (Wildman–Crippen LogP) is 2.90. The highest BCUT2D eigenvalue weighted by molar-refractivity contribution is 6.00. The molecule has 2 heterocycles. The molecule has 2 amide bonds. The van der Waals surface area contributed by atoms with Crippen LogP contribution >= 0.6 is 0 Å². The van der Waals surface area contributed by atoms with E-state index in [1.807, 2.05) is 13.0 Å². The fourth-order valence-electron chi connectivity index (χ4n) is 3.23. The van der Waals surface area contributed by atoms with Crippen molar-refractivity contribution in [2.75, 3.05) is 38.1 Å². The van der Waals surface area contributed by atoms with Crippen molar-refractivity contribution in [2.45, 2.75) is 26.8 Å². The molecule has 0 bridgehead atoms. The Morgan fingerprint density at radius 2 is 2.04 bits per heavy atom. The number of rotatable bonds is 5. The minimum Gasteiger partial charge on any atom is -0.462 e. The molecule has 1 aromatic carbocycles. The third-order valence-electron chi connectivity index (χ3n) is 4.60. The molecule has 2 aromatic rings. The number of carbonyl (C=O) groups is 2. The monoisotopic (exact) mass is 386 g/mol. The summed E-state index contributed by atoms with van der Waals surface area (Å²) in [6.45, 7) is 7.51. The van der Waals surface area contributed by atoms with E-state index in [9.17, 15) is 9.59 Å². The molecule has 28 heavy (non-hydrogen) atoms. The van der Waals surface area contributed by atoms with Crippen molar-refractivity contribution < 1.29 is 18.8 Å². The molecule has 0 radical (unpaired) electrons. The van der Waals surface area contributed by atoms with Gasteiger partial charge in [-0.1, -0.05) is 17.3 Å². The van der Waals surface area contributed by atoms with E-state index >= 15 is 0 Å².